The van der Waals surface area contributed by atoms with Gasteiger partial charge in [0, 0.05) is 24.2 Å². The quantitative estimate of drug-likeness (QED) is 0.782. The number of aromatic nitrogens is 4. The van der Waals surface area contributed by atoms with Crippen LogP contribution in [0.15, 0.2) is 11.6 Å². The first-order valence-corrected chi connectivity index (χ1v) is 5.78. The minimum atomic E-state index is 0.391. The maximum absolute atomic E-state index is 4.28. The van der Waals surface area contributed by atoms with Gasteiger partial charge in [-0.15, -0.1) is 21.5 Å². The molecule has 5 nitrogen and oxygen atoms in total. The fourth-order valence-corrected chi connectivity index (χ4v) is 2.49. The van der Waals surface area contributed by atoms with Crippen LogP contribution in [-0.4, -0.2) is 26.3 Å². The fourth-order valence-electron chi connectivity index (χ4n) is 1.87. The summed E-state index contributed by atoms with van der Waals surface area (Å²) in [5, 5.41) is 14.6. The summed E-state index contributed by atoms with van der Waals surface area (Å²) < 4.78 is 2.18. The second-order valence-corrected chi connectivity index (χ2v) is 4.52. The van der Waals surface area contributed by atoms with Gasteiger partial charge in [-0.3, -0.25) is 0 Å². The number of nitrogens with one attached hydrogen (secondary N) is 1. The minimum absolute atomic E-state index is 0.391. The lowest BCUT2D eigenvalue weighted by atomic mass is 10.2. The number of fused-ring (bicyclic) bond motifs is 1. The molecule has 0 amide bonds. The van der Waals surface area contributed by atoms with Crippen LogP contribution in [0.3, 0.4) is 0 Å². The first-order chi connectivity index (χ1) is 7.36. The molecule has 0 aromatic carbocycles. The Morgan fingerprint density at radius 3 is 3.27 bits per heavy atom. The first-order valence-electron chi connectivity index (χ1n) is 4.90. The molecular weight excluding hydrogens is 210 g/mol. The van der Waals surface area contributed by atoms with Crippen molar-refractivity contribution in [3.8, 4) is 10.8 Å². The summed E-state index contributed by atoms with van der Waals surface area (Å²) in [6, 6.07) is 0.391. The first kappa shape index (κ1) is 8.99. The minimum Gasteiger partial charge on any atom is -0.308 e. The van der Waals surface area contributed by atoms with Crippen molar-refractivity contribution in [2.24, 2.45) is 0 Å². The SMILES string of the molecule is C[C@@H]1CNCc2nnc(-c3nccs3)n21. The summed E-state index contributed by atoms with van der Waals surface area (Å²) in [5.41, 5.74) is 0. The van der Waals surface area contributed by atoms with Crippen LogP contribution in [0.1, 0.15) is 18.8 Å². The van der Waals surface area contributed by atoms with Crippen LogP contribution in [0.4, 0.5) is 0 Å². The summed E-state index contributed by atoms with van der Waals surface area (Å²) in [5.74, 6) is 1.90. The van der Waals surface area contributed by atoms with Crippen LogP contribution < -0.4 is 5.32 Å². The molecule has 6 heteroatoms. The highest BCUT2D eigenvalue weighted by atomic mass is 32.1. The largest absolute Gasteiger partial charge is 0.308 e. The Balaban J connectivity index is 2.14. The maximum Gasteiger partial charge on any atom is 0.193 e. The van der Waals surface area contributed by atoms with E-state index in [1.54, 1.807) is 17.5 Å². The average molecular weight is 221 g/mol. The van der Waals surface area contributed by atoms with E-state index in [4.69, 9.17) is 0 Å². The van der Waals surface area contributed by atoms with Gasteiger partial charge in [-0.1, -0.05) is 0 Å². The summed E-state index contributed by atoms with van der Waals surface area (Å²) in [6.07, 6.45) is 1.80. The molecule has 3 heterocycles. The highest BCUT2D eigenvalue weighted by Gasteiger charge is 2.22. The van der Waals surface area contributed by atoms with Crippen LogP contribution in [0.2, 0.25) is 0 Å². The monoisotopic (exact) mass is 221 g/mol. The molecule has 0 radical (unpaired) electrons. The van der Waals surface area contributed by atoms with Crippen molar-refractivity contribution < 1.29 is 0 Å². The lowest BCUT2D eigenvalue weighted by Crippen LogP contribution is -2.31. The van der Waals surface area contributed by atoms with Crippen LogP contribution in [-0.2, 0) is 6.54 Å². The molecule has 0 saturated carbocycles. The molecule has 78 valence electrons. The highest BCUT2D eigenvalue weighted by Crippen LogP contribution is 2.25. The van der Waals surface area contributed by atoms with E-state index in [1.807, 2.05) is 5.38 Å². The average Bonchev–Trinajstić information content (AvgIpc) is 2.85. The van der Waals surface area contributed by atoms with E-state index in [1.165, 1.54) is 0 Å². The van der Waals surface area contributed by atoms with Crippen LogP contribution in [0.25, 0.3) is 10.8 Å². The third kappa shape index (κ3) is 1.37. The van der Waals surface area contributed by atoms with Gasteiger partial charge in [-0.25, -0.2) is 4.98 Å². The third-order valence-corrected chi connectivity index (χ3v) is 3.32. The number of thiazole rings is 1. The predicted octanol–water partition coefficient (Wildman–Crippen LogP) is 1.07. The Labute approximate surface area is 91.2 Å². The molecular formula is C9H11N5S. The highest BCUT2D eigenvalue weighted by molar-refractivity contribution is 7.13. The number of nitrogens with zero attached hydrogens (tertiary/aromatic N) is 4. The van der Waals surface area contributed by atoms with E-state index in [-0.39, 0.29) is 0 Å². The van der Waals surface area contributed by atoms with E-state index in [0.29, 0.717) is 6.04 Å². The van der Waals surface area contributed by atoms with Crippen molar-refractivity contribution in [1.82, 2.24) is 25.1 Å². The molecule has 15 heavy (non-hydrogen) atoms. The van der Waals surface area contributed by atoms with Gasteiger partial charge < -0.3 is 9.88 Å². The van der Waals surface area contributed by atoms with E-state index in [9.17, 15) is 0 Å². The summed E-state index contributed by atoms with van der Waals surface area (Å²) in [6.45, 7) is 3.92. The van der Waals surface area contributed by atoms with Crippen molar-refractivity contribution in [3.05, 3.63) is 17.4 Å². The zero-order chi connectivity index (χ0) is 10.3. The molecule has 2 aromatic rings. The molecule has 0 saturated heterocycles. The Morgan fingerprint density at radius 2 is 2.47 bits per heavy atom. The van der Waals surface area contributed by atoms with Crippen LogP contribution in [0, 0.1) is 0 Å². The fraction of sp³-hybridized carbons (Fsp3) is 0.444. The Kier molecular flexibility index (Phi) is 2.03. The van der Waals surface area contributed by atoms with Crippen molar-refractivity contribution in [1.29, 1.82) is 0 Å². The number of rotatable bonds is 1. The second kappa shape index (κ2) is 3.39. The lowest BCUT2D eigenvalue weighted by molar-refractivity contribution is 0.425. The molecule has 0 fully saturated rings. The molecule has 0 unspecified atom stereocenters. The van der Waals surface area contributed by atoms with Crippen molar-refractivity contribution in [2.75, 3.05) is 6.54 Å². The summed E-state index contributed by atoms with van der Waals surface area (Å²) in [7, 11) is 0. The standard InChI is InChI=1S/C9H11N5S/c1-6-4-10-5-7-12-13-8(14(6)7)9-11-2-3-15-9/h2-3,6,10H,4-5H2,1H3/t6-/m1/s1. The Morgan fingerprint density at radius 1 is 1.53 bits per heavy atom. The predicted molar refractivity (Wildman–Crippen MR) is 57.5 cm³/mol. The van der Waals surface area contributed by atoms with Gasteiger partial charge in [0.25, 0.3) is 0 Å². The van der Waals surface area contributed by atoms with Crippen molar-refractivity contribution >= 4 is 11.3 Å². The third-order valence-electron chi connectivity index (χ3n) is 2.55. The zero-order valence-electron chi connectivity index (χ0n) is 8.34. The molecule has 2 aromatic heterocycles. The van der Waals surface area contributed by atoms with Gasteiger partial charge in [0.1, 0.15) is 5.82 Å². The van der Waals surface area contributed by atoms with Gasteiger partial charge in [0.2, 0.25) is 0 Å². The molecule has 0 aliphatic carbocycles. The number of hydrogen-bond acceptors (Lipinski definition) is 5. The van der Waals surface area contributed by atoms with E-state index < -0.39 is 0 Å². The van der Waals surface area contributed by atoms with Gasteiger partial charge in [0.15, 0.2) is 10.8 Å². The molecule has 1 N–H and O–H groups in total. The van der Waals surface area contributed by atoms with E-state index >= 15 is 0 Å². The lowest BCUT2D eigenvalue weighted by Gasteiger charge is -2.22. The number of hydrogen-bond donors (Lipinski definition) is 1. The molecule has 0 spiro atoms. The normalized spacial score (nSPS) is 20.2. The van der Waals surface area contributed by atoms with E-state index in [0.717, 1.165) is 29.7 Å². The molecule has 3 rings (SSSR count). The van der Waals surface area contributed by atoms with Gasteiger partial charge in [-0.05, 0) is 6.92 Å². The molecule has 1 atom stereocenters. The van der Waals surface area contributed by atoms with Crippen LogP contribution in [0.5, 0.6) is 0 Å². The van der Waals surface area contributed by atoms with Crippen molar-refractivity contribution in [3.63, 3.8) is 0 Å². The zero-order valence-corrected chi connectivity index (χ0v) is 9.16. The summed E-state index contributed by atoms with van der Waals surface area (Å²) in [4.78, 5) is 4.28. The maximum atomic E-state index is 4.28. The van der Waals surface area contributed by atoms with Gasteiger partial charge >= 0.3 is 0 Å². The molecule has 0 bridgehead atoms. The Bertz CT molecular complexity index is 461. The Hall–Kier alpha value is -1.27. The second-order valence-electron chi connectivity index (χ2n) is 3.63. The molecule has 1 aliphatic heterocycles. The summed E-state index contributed by atoms with van der Waals surface area (Å²) >= 11 is 1.60. The smallest absolute Gasteiger partial charge is 0.193 e. The van der Waals surface area contributed by atoms with Crippen LogP contribution >= 0.6 is 11.3 Å². The molecule has 1 aliphatic rings. The van der Waals surface area contributed by atoms with E-state index in [2.05, 4.69) is 32.0 Å². The van der Waals surface area contributed by atoms with Crippen molar-refractivity contribution in [2.45, 2.75) is 19.5 Å². The van der Waals surface area contributed by atoms with Gasteiger partial charge in [-0.2, -0.15) is 0 Å². The van der Waals surface area contributed by atoms with Gasteiger partial charge in [0.05, 0.1) is 6.54 Å². The topological polar surface area (TPSA) is 55.6 Å².